The van der Waals surface area contributed by atoms with Crippen molar-refractivity contribution in [2.75, 3.05) is 80.5 Å². The number of methoxy groups -OCH3 is 1. The van der Waals surface area contributed by atoms with Crippen molar-refractivity contribution in [3.8, 4) is 0 Å². The Balaban J connectivity index is -0.0000000605. The van der Waals surface area contributed by atoms with E-state index < -0.39 is 43.5 Å². The van der Waals surface area contributed by atoms with Crippen LogP contribution in [0.1, 0.15) is 162 Å². The molecular formula is C50H108NiO15P2S6. The number of rotatable bonds is 10. The van der Waals surface area contributed by atoms with E-state index in [0.717, 1.165) is 45.6 Å². The molecular weight excluding hydrogens is 1150 g/mol. The van der Waals surface area contributed by atoms with Gasteiger partial charge in [0.2, 0.25) is 0 Å². The van der Waals surface area contributed by atoms with Crippen molar-refractivity contribution in [1.82, 2.24) is 0 Å². The molecule has 4 unspecified atom stereocenters. The van der Waals surface area contributed by atoms with Gasteiger partial charge < -0.3 is 27.9 Å². The van der Waals surface area contributed by atoms with Gasteiger partial charge in [0, 0.05) is 59.5 Å². The van der Waals surface area contributed by atoms with Crippen LogP contribution < -0.4 is 0 Å². The molecule has 3 rings (SSSR count). The number of hydrogen-bond acceptors (Lipinski definition) is 16. The summed E-state index contributed by atoms with van der Waals surface area (Å²) in [5, 5.41) is 0. The molecule has 0 bridgehead atoms. The van der Waals surface area contributed by atoms with Gasteiger partial charge in [-0.15, -0.1) is 7.92 Å². The van der Waals surface area contributed by atoms with Gasteiger partial charge in [0.05, 0.1) is 41.8 Å². The summed E-state index contributed by atoms with van der Waals surface area (Å²) < 4.78 is 85.3. The van der Waals surface area contributed by atoms with Crippen molar-refractivity contribution in [1.29, 1.82) is 0 Å². The minimum absolute atomic E-state index is 0. The van der Waals surface area contributed by atoms with Crippen molar-refractivity contribution < 1.29 is 85.9 Å². The zero-order valence-electron chi connectivity index (χ0n) is 51.4. The first-order chi connectivity index (χ1) is 34.7. The van der Waals surface area contributed by atoms with Crippen molar-refractivity contribution in [2.24, 2.45) is 5.92 Å². The van der Waals surface area contributed by atoms with Gasteiger partial charge >= 0.3 is 30.1 Å². The van der Waals surface area contributed by atoms with E-state index in [9.17, 15) is 26.2 Å². The van der Waals surface area contributed by atoms with Crippen LogP contribution in [0.25, 0.3) is 0 Å². The third kappa shape index (κ3) is 145. The fourth-order valence-corrected chi connectivity index (χ4v) is 8.11. The average Bonchev–Trinajstić information content (AvgIpc) is 3.36. The summed E-state index contributed by atoms with van der Waals surface area (Å²) in [6, 6.07) is 12.0. The van der Waals surface area contributed by atoms with E-state index in [1.807, 2.05) is 42.7 Å². The zero-order chi connectivity index (χ0) is 61.8. The normalized spacial score (nSPS) is 14.4. The maximum Gasteiger partial charge on any atom is 2.00 e. The van der Waals surface area contributed by atoms with Gasteiger partial charge in [0.25, 0.3) is 10.1 Å². The molecule has 0 aromatic heterocycles. The van der Waals surface area contributed by atoms with Crippen molar-refractivity contribution in [2.45, 2.75) is 170 Å². The predicted molar refractivity (Wildman–Crippen MR) is 328 cm³/mol. The Kier molecular flexibility index (Phi) is 109. The Morgan fingerprint density at radius 2 is 0.986 bits per heavy atom. The van der Waals surface area contributed by atoms with Gasteiger partial charge in [-0.05, 0) is 60.3 Å². The van der Waals surface area contributed by atoms with E-state index in [0.29, 0.717) is 7.92 Å². The van der Waals surface area contributed by atoms with E-state index >= 15 is 0 Å². The van der Waals surface area contributed by atoms with Crippen LogP contribution in [0.3, 0.4) is 0 Å². The number of carbonyl (C=O) groups is 1. The summed E-state index contributed by atoms with van der Waals surface area (Å²) in [7, 11) is -0.514. The fraction of sp³-hybridized carbons (Fsp3) is 0.780. The summed E-state index contributed by atoms with van der Waals surface area (Å²) >= 11 is 7.80. The minimum Gasteiger partial charge on any atom is -0.545 e. The maximum absolute atomic E-state index is 10.1. The molecule has 2 aliphatic rings. The van der Waals surface area contributed by atoms with Gasteiger partial charge in [-0.1, -0.05) is 176 Å². The van der Waals surface area contributed by atoms with Crippen LogP contribution in [0.4, 0.5) is 0 Å². The van der Waals surface area contributed by atoms with Gasteiger partial charge in [-0.3, -0.25) is 30.6 Å². The summed E-state index contributed by atoms with van der Waals surface area (Å²) in [4.78, 5) is 34.7. The van der Waals surface area contributed by atoms with E-state index in [4.69, 9.17) is 17.2 Å². The molecule has 0 aliphatic heterocycles. The second-order valence-corrected chi connectivity index (χ2v) is 29.3. The minimum atomic E-state index is -3.16. The summed E-state index contributed by atoms with van der Waals surface area (Å²) in [5.41, 5.74) is 2.35. The van der Waals surface area contributed by atoms with Crippen molar-refractivity contribution in [3.05, 3.63) is 49.1 Å². The van der Waals surface area contributed by atoms with Crippen LogP contribution >= 0.6 is 15.5 Å². The largest absolute Gasteiger partial charge is 2.00 e. The van der Waals surface area contributed by atoms with Gasteiger partial charge in [0.1, 0.15) is 8.77 Å². The summed E-state index contributed by atoms with van der Waals surface area (Å²) in [6.45, 7) is 27.4. The van der Waals surface area contributed by atoms with Crippen LogP contribution in [0.5, 0.6) is 0 Å². The van der Waals surface area contributed by atoms with E-state index in [2.05, 4.69) is 124 Å². The fourth-order valence-electron chi connectivity index (χ4n) is 4.22. The molecule has 2 fully saturated rings. The van der Waals surface area contributed by atoms with E-state index in [1.54, 1.807) is 64.6 Å². The van der Waals surface area contributed by atoms with Crippen LogP contribution in [-0.2, 0) is 124 Å². The van der Waals surface area contributed by atoms with Crippen LogP contribution in [0, 0.1) is 5.92 Å². The molecule has 0 spiro atoms. The molecule has 15 nitrogen and oxygen atoms in total. The van der Waals surface area contributed by atoms with Crippen LogP contribution in [0.2, 0.25) is 0 Å². The Bertz CT molecular complexity index is 1470. The van der Waals surface area contributed by atoms with Gasteiger partial charge in [-0.2, -0.15) is 11.2 Å². The molecule has 74 heavy (non-hydrogen) atoms. The van der Waals surface area contributed by atoms with Gasteiger partial charge in [-0.25, -0.2) is 13.2 Å². The van der Waals surface area contributed by atoms with E-state index in [-0.39, 0.29) is 26.2 Å². The smallest absolute Gasteiger partial charge is 0.545 e. The zero-order valence-corrected chi connectivity index (χ0v) is 57.1. The molecule has 454 valence electrons. The molecule has 1 aromatic rings. The quantitative estimate of drug-likeness (QED) is 0.0439. The SMILES string of the molecule is C=CC(=O)OC.CC(C)C.CCC.CCC.CCC.CCCP(C1CCCCC1)C1CCCCC1.COP(C)(=O)O.COS(C)(=O)=O.COS(C)(=O)=S.COS(C)=O.COS(C)=S.[2H][C-]=O.[2H][C-]=O.[Ni+2].c1ccccc1. The summed E-state index contributed by atoms with van der Waals surface area (Å²) in [5.74, 6) is 0.440. The topological polar surface area (TPSA) is 212 Å². The van der Waals surface area contributed by atoms with Gasteiger partial charge in [0.15, 0.2) is 11.1 Å². The monoisotopic (exact) mass is 1260 g/mol. The molecule has 2 aliphatic carbocycles. The standard InChI is InChI=1S/C15H29P.C6H6.C4H6O2.C4H10.3C3H8.C2H7O3P.C2H6O3S.C2H6O2S2.C2H6O2S.C2H6OS2.2CHO.Ni/c1-2-13-16(14-9-5-3-6-10-14)15-11-7-4-8-12-15;1-2-4-6-5-3-1;1-3-4(5)6-2;1-4(2)3;3*1-3-2;2*1-5-6(2,3)4;1-4-6(2,3)5;1-4-5(2)3;1-3-5(2)4;2*1-2;/h14-15H,2-13H2,1H3;1-6H;3H,1H2,2H3;4H,1-3H3;3*3H2,1-2H3;1-2H3,(H,3,4);2*1-2H3;2*1-2H3;2*1H;/q;;;;;;;;;;;;2*-1;+2/i;;;;;;;;;;;;2*1D;. The first-order valence-corrected chi connectivity index (χ1v) is 36.2. The number of benzene rings is 1. The molecule has 2 saturated carbocycles. The second kappa shape index (κ2) is 84.0. The number of hydrogen-bond donors (Lipinski definition) is 1. The molecule has 0 amide bonds. The molecule has 24 heteroatoms. The second-order valence-electron chi connectivity index (χ2n) is 15.4. The van der Waals surface area contributed by atoms with Crippen LogP contribution in [-0.4, -0.2) is 133 Å². The van der Waals surface area contributed by atoms with E-state index in [1.165, 1.54) is 90.8 Å². The maximum atomic E-state index is 10.1. The molecule has 1 N–H and O–H groups in total. The first kappa shape index (κ1) is 96.0. The third-order valence-electron chi connectivity index (χ3n) is 7.02. The summed E-state index contributed by atoms with van der Waals surface area (Å²) in [6.07, 6.45) is 29.1. The first-order valence-electron chi connectivity index (χ1n) is 24.9. The third-order valence-corrected chi connectivity index (χ3v) is 14.5. The Hall–Kier alpha value is -0.276. The molecule has 0 radical (unpaired) electrons. The number of carbonyl (C=O) groups excluding carboxylic acids is 3. The Labute approximate surface area is 485 Å². The molecule has 0 saturated heterocycles. The molecule has 4 atom stereocenters. The van der Waals surface area contributed by atoms with Crippen molar-refractivity contribution in [3.63, 3.8) is 0 Å². The predicted octanol–water partition coefficient (Wildman–Crippen LogP) is 13.1. The number of esters is 1. The van der Waals surface area contributed by atoms with Crippen molar-refractivity contribution >= 4 is 97.1 Å². The average molecular weight is 1260 g/mol. The molecule has 0 heterocycles. The Morgan fingerprint density at radius 3 is 1.08 bits per heavy atom. The molecule has 1 aromatic carbocycles. The Morgan fingerprint density at radius 1 is 0.770 bits per heavy atom. The number of ether oxygens (including phenoxy) is 1. The van der Waals surface area contributed by atoms with Crippen LogP contribution in [0.15, 0.2) is 49.1 Å².